The zero-order valence-electron chi connectivity index (χ0n) is 15.8. The first-order valence-electron chi connectivity index (χ1n) is 9.49. The van der Waals surface area contributed by atoms with Crippen LogP contribution in [-0.4, -0.2) is 20.9 Å². The highest BCUT2D eigenvalue weighted by molar-refractivity contribution is 7.94. The van der Waals surface area contributed by atoms with Gasteiger partial charge in [-0.25, -0.2) is 8.42 Å². The third kappa shape index (κ3) is 4.21. The van der Waals surface area contributed by atoms with Crippen molar-refractivity contribution in [3.05, 3.63) is 83.2 Å². The van der Waals surface area contributed by atoms with E-state index in [1.54, 1.807) is 41.8 Å². The Labute approximate surface area is 174 Å². The highest BCUT2D eigenvalue weighted by Crippen LogP contribution is 2.43. The molecule has 1 heterocycles. The molecule has 7 heteroatoms. The van der Waals surface area contributed by atoms with Crippen molar-refractivity contribution in [1.29, 1.82) is 0 Å². The Kier molecular flexibility index (Phi) is 5.43. The standard InChI is InChI=1S/C22H22N2O3S2/c25-21(23-16-22(13-5-14-22)18-6-2-1-3-7-18)17-9-11-19(12-10-17)24-29(26,27)20-8-4-15-28-20/h1-4,6-12,15,24H,5,13-14,16H2,(H,23,25). The molecule has 1 fully saturated rings. The van der Waals surface area contributed by atoms with Gasteiger partial charge in [-0.1, -0.05) is 42.8 Å². The fourth-order valence-electron chi connectivity index (χ4n) is 3.63. The van der Waals surface area contributed by atoms with Gasteiger partial charge in [0.1, 0.15) is 4.21 Å². The highest BCUT2D eigenvalue weighted by atomic mass is 32.2. The van der Waals surface area contributed by atoms with E-state index in [1.165, 1.54) is 12.0 Å². The van der Waals surface area contributed by atoms with E-state index in [-0.39, 0.29) is 15.5 Å². The molecule has 150 valence electrons. The summed E-state index contributed by atoms with van der Waals surface area (Å²) in [5, 5.41) is 4.77. The zero-order chi connectivity index (χ0) is 20.3. The number of carbonyl (C=O) groups excluding carboxylic acids is 1. The third-order valence-electron chi connectivity index (χ3n) is 5.44. The molecule has 0 radical (unpaired) electrons. The number of hydrogen-bond donors (Lipinski definition) is 2. The van der Waals surface area contributed by atoms with Crippen LogP contribution in [0.15, 0.2) is 76.3 Å². The van der Waals surface area contributed by atoms with E-state index in [2.05, 4.69) is 22.2 Å². The molecule has 1 aliphatic rings. The van der Waals surface area contributed by atoms with Crippen molar-refractivity contribution in [2.45, 2.75) is 28.9 Å². The smallest absolute Gasteiger partial charge is 0.271 e. The van der Waals surface area contributed by atoms with Gasteiger partial charge in [0, 0.05) is 23.2 Å². The molecule has 0 bridgehead atoms. The molecule has 1 aromatic heterocycles. The average Bonchev–Trinajstić information content (AvgIpc) is 3.24. The third-order valence-corrected chi connectivity index (χ3v) is 8.22. The molecule has 3 aromatic rings. The lowest BCUT2D eigenvalue weighted by atomic mass is 9.64. The normalized spacial score (nSPS) is 15.3. The number of benzene rings is 2. The largest absolute Gasteiger partial charge is 0.351 e. The molecule has 0 unspecified atom stereocenters. The van der Waals surface area contributed by atoms with Crippen LogP contribution in [0.3, 0.4) is 0 Å². The van der Waals surface area contributed by atoms with Gasteiger partial charge in [0.05, 0.1) is 0 Å². The predicted molar refractivity (Wildman–Crippen MR) is 116 cm³/mol. The van der Waals surface area contributed by atoms with Crippen LogP contribution in [0.2, 0.25) is 0 Å². The molecule has 1 aliphatic carbocycles. The summed E-state index contributed by atoms with van der Waals surface area (Å²) in [6.45, 7) is 0.600. The van der Waals surface area contributed by atoms with Gasteiger partial charge in [-0.3, -0.25) is 9.52 Å². The van der Waals surface area contributed by atoms with Crippen LogP contribution < -0.4 is 10.0 Å². The maximum absolute atomic E-state index is 12.6. The minimum absolute atomic E-state index is 0.0210. The number of thiophene rings is 1. The average molecular weight is 427 g/mol. The topological polar surface area (TPSA) is 75.3 Å². The molecule has 29 heavy (non-hydrogen) atoms. The Balaban J connectivity index is 1.40. The second kappa shape index (κ2) is 8.00. The number of anilines is 1. The summed E-state index contributed by atoms with van der Waals surface area (Å²) in [6.07, 6.45) is 3.31. The highest BCUT2D eigenvalue weighted by Gasteiger charge is 2.38. The summed E-state index contributed by atoms with van der Waals surface area (Å²) in [7, 11) is -3.59. The van der Waals surface area contributed by atoms with Crippen molar-refractivity contribution < 1.29 is 13.2 Å². The lowest BCUT2D eigenvalue weighted by Crippen LogP contribution is -2.45. The second-order valence-electron chi connectivity index (χ2n) is 7.30. The van der Waals surface area contributed by atoms with Gasteiger partial charge < -0.3 is 5.32 Å². The summed E-state index contributed by atoms with van der Waals surface area (Å²) < 4.78 is 27.4. The summed E-state index contributed by atoms with van der Waals surface area (Å²) in [5.74, 6) is -0.153. The lowest BCUT2D eigenvalue weighted by molar-refractivity contribution is 0.0928. The van der Waals surface area contributed by atoms with Crippen molar-refractivity contribution in [3.63, 3.8) is 0 Å². The Morgan fingerprint density at radius 1 is 0.966 bits per heavy atom. The van der Waals surface area contributed by atoms with Crippen molar-refractivity contribution >= 4 is 33.0 Å². The van der Waals surface area contributed by atoms with Gasteiger partial charge in [0.25, 0.3) is 15.9 Å². The van der Waals surface area contributed by atoms with E-state index in [4.69, 9.17) is 0 Å². The molecular formula is C22H22N2O3S2. The quantitative estimate of drug-likeness (QED) is 0.588. The fourth-order valence-corrected chi connectivity index (χ4v) is 5.68. The zero-order valence-corrected chi connectivity index (χ0v) is 17.4. The van der Waals surface area contributed by atoms with Crippen molar-refractivity contribution in [2.75, 3.05) is 11.3 Å². The van der Waals surface area contributed by atoms with Crippen molar-refractivity contribution in [3.8, 4) is 0 Å². The number of hydrogen-bond acceptors (Lipinski definition) is 4. The van der Waals surface area contributed by atoms with Gasteiger partial charge in [0.15, 0.2) is 0 Å². The fraction of sp³-hybridized carbons (Fsp3) is 0.227. The SMILES string of the molecule is O=C(NCC1(c2ccccc2)CCC1)c1ccc(NS(=O)(=O)c2cccs2)cc1. The maximum atomic E-state index is 12.6. The van der Waals surface area contributed by atoms with Gasteiger partial charge >= 0.3 is 0 Å². The molecule has 4 rings (SSSR count). The van der Waals surface area contributed by atoms with Gasteiger partial charge in [-0.15, -0.1) is 11.3 Å². The molecule has 1 saturated carbocycles. The number of carbonyl (C=O) groups is 1. The molecule has 1 amide bonds. The molecule has 0 saturated heterocycles. The maximum Gasteiger partial charge on any atom is 0.271 e. The molecule has 0 aliphatic heterocycles. The van der Waals surface area contributed by atoms with E-state index in [1.807, 2.05) is 18.2 Å². The second-order valence-corrected chi connectivity index (χ2v) is 10.2. The van der Waals surface area contributed by atoms with Gasteiger partial charge in [0.2, 0.25) is 0 Å². The van der Waals surface area contributed by atoms with Crippen molar-refractivity contribution in [2.24, 2.45) is 0 Å². The van der Waals surface area contributed by atoms with Crippen molar-refractivity contribution in [1.82, 2.24) is 5.32 Å². The van der Waals surface area contributed by atoms with E-state index < -0.39 is 10.0 Å². The molecular weight excluding hydrogens is 404 g/mol. The number of rotatable bonds is 7. The molecule has 2 aromatic carbocycles. The molecule has 5 nitrogen and oxygen atoms in total. The van der Waals surface area contributed by atoms with E-state index in [0.29, 0.717) is 17.8 Å². The Bertz CT molecular complexity index is 1070. The molecule has 2 N–H and O–H groups in total. The van der Waals surface area contributed by atoms with E-state index in [9.17, 15) is 13.2 Å². The first-order valence-corrected chi connectivity index (χ1v) is 11.8. The minimum atomic E-state index is -3.59. The van der Waals surface area contributed by atoms with E-state index in [0.717, 1.165) is 24.2 Å². The van der Waals surface area contributed by atoms with Crippen LogP contribution in [0.1, 0.15) is 35.2 Å². The Morgan fingerprint density at radius 2 is 1.69 bits per heavy atom. The lowest BCUT2D eigenvalue weighted by Gasteiger charge is -2.42. The van der Waals surface area contributed by atoms with Crippen LogP contribution in [0.25, 0.3) is 0 Å². The first kappa shape index (κ1) is 19.7. The Morgan fingerprint density at radius 3 is 2.28 bits per heavy atom. The number of nitrogens with one attached hydrogen (secondary N) is 2. The summed E-state index contributed by atoms with van der Waals surface area (Å²) in [5.41, 5.74) is 2.22. The van der Waals surface area contributed by atoms with Crippen LogP contribution in [0, 0.1) is 0 Å². The summed E-state index contributed by atoms with van der Waals surface area (Å²) in [6, 6.07) is 20.1. The number of amides is 1. The summed E-state index contributed by atoms with van der Waals surface area (Å²) >= 11 is 1.16. The Hall–Kier alpha value is -2.64. The molecule has 0 spiro atoms. The van der Waals surface area contributed by atoms with Gasteiger partial charge in [-0.2, -0.15) is 0 Å². The molecule has 0 atom stereocenters. The van der Waals surface area contributed by atoms with Crippen LogP contribution >= 0.6 is 11.3 Å². The first-order chi connectivity index (χ1) is 14.0. The van der Waals surface area contributed by atoms with Crippen LogP contribution in [0.5, 0.6) is 0 Å². The summed E-state index contributed by atoms with van der Waals surface area (Å²) in [4.78, 5) is 12.6. The minimum Gasteiger partial charge on any atom is -0.351 e. The van der Waals surface area contributed by atoms with Crippen LogP contribution in [-0.2, 0) is 15.4 Å². The van der Waals surface area contributed by atoms with E-state index >= 15 is 0 Å². The monoisotopic (exact) mass is 426 g/mol. The van der Waals surface area contributed by atoms with Gasteiger partial charge in [-0.05, 0) is 54.1 Å². The number of sulfonamides is 1. The predicted octanol–water partition coefficient (Wildman–Crippen LogP) is 4.40. The van der Waals surface area contributed by atoms with Crippen LogP contribution in [0.4, 0.5) is 5.69 Å².